The second-order valence-electron chi connectivity index (χ2n) is 3.24. The molecule has 0 radical (unpaired) electrons. The van der Waals surface area contributed by atoms with E-state index in [1.54, 1.807) is 6.07 Å². The summed E-state index contributed by atoms with van der Waals surface area (Å²) in [6, 6.07) is 10.6. The average Bonchev–Trinajstić information content (AvgIpc) is 2.30. The first-order valence-electron chi connectivity index (χ1n) is 4.62. The lowest BCUT2D eigenvalue weighted by atomic mass is 10.1. The second-order valence-corrected chi connectivity index (χ2v) is 4.16. The summed E-state index contributed by atoms with van der Waals surface area (Å²) in [5.74, 6) is -0.944. The largest absolute Gasteiger partial charge is 0.478 e. The molecule has 16 heavy (non-hydrogen) atoms. The maximum atomic E-state index is 10.8. The van der Waals surface area contributed by atoms with E-state index in [2.05, 4.69) is 20.9 Å². The molecule has 0 fully saturated rings. The first-order chi connectivity index (χ1) is 7.66. The highest BCUT2D eigenvalue weighted by atomic mass is 79.9. The molecule has 80 valence electrons. The third-order valence-electron chi connectivity index (χ3n) is 2.15. The standard InChI is InChI=1S/C12H8BrNO2/c13-10-3-1-8(2-4-10)11-7-9(12(15)16)5-6-14-11/h1-7H,(H,15,16). The van der Waals surface area contributed by atoms with Gasteiger partial charge in [0.15, 0.2) is 0 Å². The number of carboxylic acid groups (broad SMARTS) is 1. The van der Waals surface area contributed by atoms with Gasteiger partial charge in [-0.3, -0.25) is 4.98 Å². The molecule has 0 aliphatic rings. The second kappa shape index (κ2) is 4.45. The van der Waals surface area contributed by atoms with Crippen molar-refractivity contribution in [1.29, 1.82) is 0 Å². The average molecular weight is 278 g/mol. The maximum absolute atomic E-state index is 10.8. The van der Waals surface area contributed by atoms with Crippen LogP contribution in [0.4, 0.5) is 0 Å². The summed E-state index contributed by atoms with van der Waals surface area (Å²) in [4.78, 5) is 14.9. The molecule has 3 nitrogen and oxygen atoms in total. The molecule has 0 saturated heterocycles. The van der Waals surface area contributed by atoms with Crippen LogP contribution in [0, 0.1) is 0 Å². The maximum Gasteiger partial charge on any atom is 0.335 e. The fourth-order valence-corrected chi connectivity index (χ4v) is 1.61. The van der Waals surface area contributed by atoms with Crippen molar-refractivity contribution < 1.29 is 9.90 Å². The van der Waals surface area contributed by atoms with Crippen LogP contribution >= 0.6 is 15.9 Å². The number of nitrogens with zero attached hydrogens (tertiary/aromatic N) is 1. The Balaban J connectivity index is 2.44. The number of carbonyl (C=O) groups is 1. The van der Waals surface area contributed by atoms with Crippen LogP contribution in [0.15, 0.2) is 47.1 Å². The summed E-state index contributed by atoms with van der Waals surface area (Å²) in [7, 11) is 0. The van der Waals surface area contributed by atoms with Gasteiger partial charge in [0.25, 0.3) is 0 Å². The van der Waals surface area contributed by atoms with E-state index in [-0.39, 0.29) is 5.56 Å². The van der Waals surface area contributed by atoms with Crippen molar-refractivity contribution in [2.45, 2.75) is 0 Å². The number of aromatic nitrogens is 1. The molecule has 0 atom stereocenters. The lowest BCUT2D eigenvalue weighted by molar-refractivity contribution is 0.0697. The summed E-state index contributed by atoms with van der Waals surface area (Å²) in [5, 5.41) is 8.87. The van der Waals surface area contributed by atoms with E-state index in [1.807, 2.05) is 24.3 Å². The van der Waals surface area contributed by atoms with E-state index in [4.69, 9.17) is 5.11 Å². The summed E-state index contributed by atoms with van der Waals surface area (Å²) in [5.41, 5.74) is 1.80. The van der Waals surface area contributed by atoms with Crippen molar-refractivity contribution in [3.63, 3.8) is 0 Å². The minimum Gasteiger partial charge on any atom is -0.478 e. The Hall–Kier alpha value is -1.68. The van der Waals surface area contributed by atoms with Gasteiger partial charge in [-0.25, -0.2) is 4.79 Å². The third kappa shape index (κ3) is 2.28. The van der Waals surface area contributed by atoms with E-state index in [1.165, 1.54) is 12.3 Å². The first-order valence-corrected chi connectivity index (χ1v) is 5.41. The van der Waals surface area contributed by atoms with Crippen molar-refractivity contribution in [2.75, 3.05) is 0 Å². The predicted molar refractivity (Wildman–Crippen MR) is 64.3 cm³/mol. The summed E-state index contributed by atoms with van der Waals surface area (Å²) >= 11 is 3.34. The van der Waals surface area contributed by atoms with Gasteiger partial charge >= 0.3 is 5.97 Å². The highest BCUT2D eigenvalue weighted by Crippen LogP contribution is 2.20. The van der Waals surface area contributed by atoms with E-state index < -0.39 is 5.97 Å². The Morgan fingerprint density at radius 3 is 2.50 bits per heavy atom. The molecule has 2 aromatic rings. The third-order valence-corrected chi connectivity index (χ3v) is 2.68. The van der Waals surface area contributed by atoms with Gasteiger partial charge in [0.1, 0.15) is 0 Å². The normalized spacial score (nSPS) is 10.1. The van der Waals surface area contributed by atoms with Crippen molar-refractivity contribution in [3.8, 4) is 11.3 Å². The molecule has 1 N–H and O–H groups in total. The topological polar surface area (TPSA) is 50.2 Å². The number of benzene rings is 1. The van der Waals surface area contributed by atoms with Gasteiger partial charge in [0, 0.05) is 16.2 Å². The number of rotatable bonds is 2. The van der Waals surface area contributed by atoms with Crippen LogP contribution in [0.25, 0.3) is 11.3 Å². The molecule has 0 spiro atoms. The molecule has 1 heterocycles. The van der Waals surface area contributed by atoms with E-state index in [9.17, 15) is 4.79 Å². The number of hydrogen-bond donors (Lipinski definition) is 1. The van der Waals surface area contributed by atoms with Crippen molar-refractivity contribution in [1.82, 2.24) is 4.98 Å². The molecular formula is C12H8BrNO2. The number of halogens is 1. The number of aromatic carboxylic acids is 1. The van der Waals surface area contributed by atoms with Gasteiger partial charge < -0.3 is 5.11 Å². The smallest absolute Gasteiger partial charge is 0.335 e. The number of hydrogen-bond acceptors (Lipinski definition) is 2. The Morgan fingerprint density at radius 1 is 1.19 bits per heavy atom. The number of carboxylic acids is 1. The highest BCUT2D eigenvalue weighted by molar-refractivity contribution is 9.10. The Bertz CT molecular complexity index is 523. The monoisotopic (exact) mass is 277 g/mol. The Labute approximate surface area is 101 Å². The zero-order valence-corrected chi connectivity index (χ0v) is 9.81. The van der Waals surface area contributed by atoms with Gasteiger partial charge in [0.05, 0.1) is 11.3 Å². The molecule has 0 bridgehead atoms. The molecule has 0 amide bonds. The van der Waals surface area contributed by atoms with Crippen LogP contribution in [0.5, 0.6) is 0 Å². The zero-order chi connectivity index (χ0) is 11.5. The number of pyridine rings is 1. The first kappa shape index (κ1) is 10.8. The van der Waals surface area contributed by atoms with Gasteiger partial charge in [0.2, 0.25) is 0 Å². The molecule has 1 aromatic heterocycles. The SMILES string of the molecule is O=C(O)c1ccnc(-c2ccc(Br)cc2)c1. The highest BCUT2D eigenvalue weighted by Gasteiger charge is 2.05. The van der Waals surface area contributed by atoms with Crippen LogP contribution in [0.1, 0.15) is 10.4 Å². The van der Waals surface area contributed by atoms with Crippen molar-refractivity contribution in [3.05, 3.63) is 52.6 Å². The van der Waals surface area contributed by atoms with Crippen molar-refractivity contribution >= 4 is 21.9 Å². The molecule has 2 rings (SSSR count). The molecule has 0 unspecified atom stereocenters. The molecular weight excluding hydrogens is 270 g/mol. The zero-order valence-electron chi connectivity index (χ0n) is 8.22. The fourth-order valence-electron chi connectivity index (χ4n) is 1.34. The molecule has 1 aromatic carbocycles. The molecule has 4 heteroatoms. The van der Waals surface area contributed by atoms with E-state index >= 15 is 0 Å². The summed E-state index contributed by atoms with van der Waals surface area (Å²) < 4.78 is 0.977. The molecule has 0 aliphatic carbocycles. The van der Waals surface area contributed by atoms with Gasteiger partial charge in [-0.05, 0) is 24.3 Å². The lowest BCUT2D eigenvalue weighted by Gasteiger charge is -2.01. The van der Waals surface area contributed by atoms with Gasteiger partial charge in [-0.15, -0.1) is 0 Å². The van der Waals surface area contributed by atoms with Crippen molar-refractivity contribution in [2.24, 2.45) is 0 Å². The Kier molecular flexibility index (Phi) is 3.01. The fraction of sp³-hybridized carbons (Fsp3) is 0. The summed E-state index contributed by atoms with van der Waals surface area (Å²) in [6.07, 6.45) is 1.50. The summed E-state index contributed by atoms with van der Waals surface area (Å²) in [6.45, 7) is 0. The van der Waals surface area contributed by atoms with Crippen LogP contribution < -0.4 is 0 Å². The van der Waals surface area contributed by atoms with Crippen LogP contribution in [0.2, 0.25) is 0 Å². The minimum atomic E-state index is -0.944. The van der Waals surface area contributed by atoms with Gasteiger partial charge in [-0.2, -0.15) is 0 Å². The quantitative estimate of drug-likeness (QED) is 0.917. The Morgan fingerprint density at radius 2 is 1.88 bits per heavy atom. The van der Waals surface area contributed by atoms with Gasteiger partial charge in [-0.1, -0.05) is 28.1 Å². The van der Waals surface area contributed by atoms with Crippen LogP contribution in [-0.4, -0.2) is 16.1 Å². The predicted octanol–water partition coefficient (Wildman–Crippen LogP) is 3.21. The minimum absolute atomic E-state index is 0.243. The van der Waals surface area contributed by atoms with Crippen LogP contribution in [0.3, 0.4) is 0 Å². The molecule has 0 aliphatic heterocycles. The van der Waals surface area contributed by atoms with Crippen LogP contribution in [-0.2, 0) is 0 Å². The lowest BCUT2D eigenvalue weighted by Crippen LogP contribution is -1.97. The molecule has 0 saturated carbocycles. The van der Waals surface area contributed by atoms with E-state index in [0.717, 1.165) is 10.0 Å². The van der Waals surface area contributed by atoms with E-state index in [0.29, 0.717) is 5.69 Å².